The second kappa shape index (κ2) is 13.0. The highest BCUT2D eigenvalue weighted by atomic mass is 16.5. The zero-order valence-corrected chi connectivity index (χ0v) is 16.4. The Morgan fingerprint density at radius 1 is 1.00 bits per heavy atom. The van der Waals surface area contributed by atoms with Gasteiger partial charge in [0.25, 0.3) is 0 Å². The number of ketones is 1. The molecule has 0 amide bonds. The Hall–Kier alpha value is -1.20. The van der Waals surface area contributed by atoms with Gasteiger partial charge in [0, 0.05) is 19.3 Å². The van der Waals surface area contributed by atoms with Gasteiger partial charge in [-0.05, 0) is 50.4 Å². The van der Waals surface area contributed by atoms with Crippen molar-refractivity contribution < 1.29 is 24.5 Å². The Balaban J connectivity index is 2.36. The quantitative estimate of drug-likeness (QED) is 0.295. The molecule has 0 aromatic rings. The van der Waals surface area contributed by atoms with Crippen LogP contribution in [0.5, 0.6) is 0 Å². The van der Waals surface area contributed by atoms with E-state index < -0.39 is 12.2 Å². The molecule has 0 aromatic heterocycles. The van der Waals surface area contributed by atoms with Crippen molar-refractivity contribution in [1.82, 2.24) is 0 Å². The molecule has 1 rings (SSSR count). The number of hydrogen-bond donors (Lipinski definition) is 2. The van der Waals surface area contributed by atoms with Crippen LogP contribution < -0.4 is 0 Å². The fourth-order valence-corrected chi connectivity index (χ4v) is 3.77. The maximum atomic E-state index is 12.0. The van der Waals surface area contributed by atoms with E-state index >= 15 is 0 Å². The van der Waals surface area contributed by atoms with Crippen LogP contribution in [-0.4, -0.2) is 41.3 Å². The first kappa shape index (κ1) is 22.8. The Morgan fingerprint density at radius 2 is 1.73 bits per heavy atom. The average Bonchev–Trinajstić information content (AvgIpc) is 2.89. The smallest absolute Gasteiger partial charge is 0.305 e. The molecule has 0 spiro atoms. The third-order valence-electron chi connectivity index (χ3n) is 5.39. The van der Waals surface area contributed by atoms with Crippen molar-refractivity contribution in [1.29, 1.82) is 0 Å². The van der Waals surface area contributed by atoms with Crippen LogP contribution in [0.1, 0.15) is 77.6 Å². The number of unbranched alkanes of at least 4 members (excludes halogenated alkanes) is 3. The summed E-state index contributed by atoms with van der Waals surface area (Å²) in [7, 11) is 1.39. The molecule has 1 saturated carbocycles. The molecule has 1 aliphatic carbocycles. The predicted molar refractivity (Wildman–Crippen MR) is 102 cm³/mol. The second-order valence-corrected chi connectivity index (χ2v) is 7.41. The largest absolute Gasteiger partial charge is 0.469 e. The highest BCUT2D eigenvalue weighted by Crippen LogP contribution is 2.38. The molecular formula is C21H36O5. The number of hydrogen-bond acceptors (Lipinski definition) is 5. The van der Waals surface area contributed by atoms with Crippen molar-refractivity contribution in [3.63, 3.8) is 0 Å². The van der Waals surface area contributed by atoms with Gasteiger partial charge in [0.2, 0.25) is 0 Å². The second-order valence-electron chi connectivity index (χ2n) is 7.41. The van der Waals surface area contributed by atoms with Crippen molar-refractivity contribution in [3.8, 4) is 0 Å². The van der Waals surface area contributed by atoms with Gasteiger partial charge in [-0.3, -0.25) is 9.59 Å². The lowest BCUT2D eigenvalue weighted by molar-refractivity contribution is -0.140. The van der Waals surface area contributed by atoms with E-state index in [0.717, 1.165) is 32.1 Å². The predicted octanol–water partition coefficient (Wildman–Crippen LogP) is 3.56. The van der Waals surface area contributed by atoms with Gasteiger partial charge in [-0.2, -0.15) is 0 Å². The Bertz CT molecular complexity index is 446. The first-order valence-electron chi connectivity index (χ1n) is 10.1. The van der Waals surface area contributed by atoms with Gasteiger partial charge in [0.15, 0.2) is 0 Å². The third kappa shape index (κ3) is 8.45. The fourth-order valence-electron chi connectivity index (χ4n) is 3.77. The lowest BCUT2D eigenvalue weighted by Gasteiger charge is -2.22. The lowest BCUT2D eigenvalue weighted by atomic mass is 9.86. The monoisotopic (exact) mass is 368 g/mol. The van der Waals surface area contributed by atoms with E-state index in [0.29, 0.717) is 38.5 Å². The molecule has 0 aromatic carbocycles. The van der Waals surface area contributed by atoms with Crippen LogP contribution in [0.3, 0.4) is 0 Å². The summed E-state index contributed by atoms with van der Waals surface area (Å²) >= 11 is 0. The van der Waals surface area contributed by atoms with Gasteiger partial charge in [0.1, 0.15) is 5.78 Å². The van der Waals surface area contributed by atoms with Crippen molar-refractivity contribution in [2.45, 2.75) is 89.8 Å². The number of aliphatic hydroxyl groups excluding tert-OH is 2. The molecule has 0 saturated heterocycles. The normalized spacial score (nSPS) is 25.7. The molecule has 1 aliphatic rings. The minimum atomic E-state index is -0.522. The summed E-state index contributed by atoms with van der Waals surface area (Å²) in [4.78, 5) is 23.0. The molecule has 0 unspecified atom stereocenters. The van der Waals surface area contributed by atoms with E-state index in [9.17, 15) is 19.8 Å². The summed E-state index contributed by atoms with van der Waals surface area (Å²) in [5.41, 5.74) is 0. The number of aliphatic hydroxyl groups is 2. The molecule has 1 fully saturated rings. The lowest BCUT2D eigenvalue weighted by Crippen LogP contribution is -2.22. The van der Waals surface area contributed by atoms with Crippen LogP contribution in [0, 0.1) is 11.8 Å². The zero-order chi connectivity index (χ0) is 19.4. The number of ether oxygens (including phenoxy) is 1. The molecule has 0 bridgehead atoms. The van der Waals surface area contributed by atoms with E-state index in [1.54, 1.807) is 0 Å². The number of rotatable bonds is 13. The third-order valence-corrected chi connectivity index (χ3v) is 5.39. The molecule has 2 N–H and O–H groups in total. The van der Waals surface area contributed by atoms with Crippen LogP contribution in [-0.2, 0) is 14.3 Å². The number of allylic oxidation sites excluding steroid dienone is 2. The van der Waals surface area contributed by atoms with Gasteiger partial charge in [0.05, 0.1) is 19.3 Å². The standard InChI is InChI=1S/C21H36O5/c1-3-4-7-10-16(22)13-14-18-17(19(23)15-20(18)24)11-8-5-6-9-12-21(25)26-2/h5,8,17-20,23-24H,3-4,6-7,9-15H2,1-2H3/b8-5-/t17-,18-,19+,20-/m1/s1. The number of carbonyl (C=O) groups excluding carboxylic acids is 2. The van der Waals surface area contributed by atoms with Crippen LogP contribution >= 0.6 is 0 Å². The van der Waals surface area contributed by atoms with E-state index in [-0.39, 0.29) is 23.6 Å². The maximum absolute atomic E-state index is 12.0. The molecule has 26 heavy (non-hydrogen) atoms. The van der Waals surface area contributed by atoms with E-state index in [1.165, 1.54) is 7.11 Å². The summed E-state index contributed by atoms with van der Waals surface area (Å²) in [6.45, 7) is 2.12. The van der Waals surface area contributed by atoms with Gasteiger partial charge >= 0.3 is 5.97 Å². The van der Waals surface area contributed by atoms with Gasteiger partial charge in [-0.1, -0.05) is 31.9 Å². The first-order valence-corrected chi connectivity index (χ1v) is 10.1. The fraction of sp³-hybridized carbons (Fsp3) is 0.810. The van der Waals surface area contributed by atoms with E-state index in [2.05, 4.69) is 11.7 Å². The van der Waals surface area contributed by atoms with Crippen LogP contribution in [0.25, 0.3) is 0 Å². The van der Waals surface area contributed by atoms with E-state index in [1.807, 2.05) is 12.2 Å². The summed E-state index contributed by atoms with van der Waals surface area (Å²) < 4.78 is 4.60. The first-order chi connectivity index (χ1) is 12.5. The van der Waals surface area contributed by atoms with Crippen molar-refractivity contribution in [2.24, 2.45) is 11.8 Å². The minimum Gasteiger partial charge on any atom is -0.469 e. The molecular weight excluding hydrogens is 332 g/mol. The van der Waals surface area contributed by atoms with Crippen molar-refractivity contribution in [2.75, 3.05) is 7.11 Å². The molecule has 5 nitrogen and oxygen atoms in total. The van der Waals surface area contributed by atoms with Gasteiger partial charge in [-0.25, -0.2) is 0 Å². The summed E-state index contributed by atoms with van der Waals surface area (Å²) in [6.07, 6.45) is 11.0. The maximum Gasteiger partial charge on any atom is 0.305 e. The van der Waals surface area contributed by atoms with E-state index in [4.69, 9.17) is 0 Å². The zero-order valence-electron chi connectivity index (χ0n) is 16.4. The highest BCUT2D eigenvalue weighted by Gasteiger charge is 2.40. The van der Waals surface area contributed by atoms with Crippen LogP contribution in [0.2, 0.25) is 0 Å². The van der Waals surface area contributed by atoms with Crippen LogP contribution in [0.4, 0.5) is 0 Å². The molecule has 4 atom stereocenters. The summed E-state index contributed by atoms with van der Waals surface area (Å²) in [5.74, 6) is 0.0608. The molecule has 0 aliphatic heterocycles. The SMILES string of the molecule is CCCCCC(=O)CC[C@@H]1[C@@H](C/C=C\CCCC(=O)OC)[C@@H](O)C[C@H]1O. The summed E-state index contributed by atoms with van der Waals surface area (Å²) in [6, 6.07) is 0. The number of Topliss-reactive ketones (excluding diaryl/α,β-unsaturated/α-hetero) is 1. The molecule has 150 valence electrons. The molecule has 0 heterocycles. The average molecular weight is 369 g/mol. The topological polar surface area (TPSA) is 83.8 Å². The number of esters is 1. The molecule has 0 radical (unpaired) electrons. The minimum absolute atomic E-state index is 0.00491. The highest BCUT2D eigenvalue weighted by molar-refractivity contribution is 5.78. The van der Waals surface area contributed by atoms with Gasteiger partial charge in [-0.15, -0.1) is 0 Å². The number of methoxy groups -OCH3 is 1. The molecule has 5 heteroatoms. The Labute approximate surface area is 157 Å². The van der Waals surface area contributed by atoms with Crippen molar-refractivity contribution >= 4 is 11.8 Å². The summed E-state index contributed by atoms with van der Waals surface area (Å²) in [5, 5.41) is 20.5. The van der Waals surface area contributed by atoms with Crippen molar-refractivity contribution in [3.05, 3.63) is 12.2 Å². The number of carbonyl (C=O) groups is 2. The Morgan fingerprint density at radius 3 is 2.42 bits per heavy atom. The Kier molecular flexibility index (Phi) is 11.5. The van der Waals surface area contributed by atoms with Crippen LogP contribution in [0.15, 0.2) is 12.2 Å². The van der Waals surface area contributed by atoms with Gasteiger partial charge < -0.3 is 14.9 Å².